The van der Waals surface area contributed by atoms with Crippen LogP contribution < -0.4 is 0 Å². The summed E-state index contributed by atoms with van der Waals surface area (Å²) in [5.74, 6) is 1.53. The lowest BCUT2D eigenvalue weighted by Crippen LogP contribution is -2.41. The van der Waals surface area contributed by atoms with E-state index in [1.807, 2.05) is 6.08 Å². The fourth-order valence-corrected chi connectivity index (χ4v) is 4.26. The highest BCUT2D eigenvalue weighted by molar-refractivity contribution is 5.91. The van der Waals surface area contributed by atoms with Crippen LogP contribution in [0, 0.1) is 17.3 Å². The summed E-state index contributed by atoms with van der Waals surface area (Å²) in [4.78, 5) is 11.4. The first kappa shape index (κ1) is 10.5. The van der Waals surface area contributed by atoms with E-state index < -0.39 is 0 Å². The quantitative estimate of drug-likeness (QED) is 0.681. The van der Waals surface area contributed by atoms with Crippen molar-refractivity contribution in [3.05, 3.63) is 11.6 Å². The van der Waals surface area contributed by atoms with Crippen LogP contribution in [0.5, 0.6) is 0 Å². The van der Waals surface area contributed by atoms with Gasteiger partial charge in [0.25, 0.3) is 0 Å². The van der Waals surface area contributed by atoms with Crippen LogP contribution in [0.4, 0.5) is 0 Å². The van der Waals surface area contributed by atoms with Crippen molar-refractivity contribution >= 4 is 5.78 Å². The maximum absolute atomic E-state index is 11.4. The molecule has 0 aliphatic heterocycles. The van der Waals surface area contributed by atoms with Gasteiger partial charge in [0.2, 0.25) is 0 Å². The van der Waals surface area contributed by atoms with E-state index in [-0.39, 0.29) is 11.5 Å². The molecule has 2 saturated carbocycles. The van der Waals surface area contributed by atoms with E-state index in [1.54, 1.807) is 0 Å². The summed E-state index contributed by atoms with van der Waals surface area (Å²) >= 11 is 0. The Morgan fingerprint density at radius 1 is 1.31 bits per heavy atom. The number of carbonyl (C=O) groups is 1. The van der Waals surface area contributed by atoms with Gasteiger partial charge in [0.1, 0.15) is 0 Å². The maximum Gasteiger partial charge on any atom is 0.155 e. The molecule has 2 fully saturated rings. The van der Waals surface area contributed by atoms with Crippen molar-refractivity contribution in [1.82, 2.24) is 0 Å². The van der Waals surface area contributed by atoms with Crippen LogP contribution >= 0.6 is 0 Å². The van der Waals surface area contributed by atoms with Gasteiger partial charge in [-0.15, -0.1) is 0 Å². The highest BCUT2D eigenvalue weighted by Gasteiger charge is 2.52. The molecule has 0 spiro atoms. The minimum absolute atomic E-state index is 0.114. The molecule has 3 rings (SSSR count). The second-order valence-electron chi connectivity index (χ2n) is 6.04. The van der Waals surface area contributed by atoms with Crippen LogP contribution in [0.3, 0.4) is 0 Å². The molecule has 0 bridgehead atoms. The molecule has 2 nitrogen and oxygen atoms in total. The zero-order valence-electron chi connectivity index (χ0n) is 9.91. The Labute approximate surface area is 96.7 Å². The molecule has 2 heteroatoms. The lowest BCUT2D eigenvalue weighted by atomic mass is 9.59. The molecule has 0 aromatic carbocycles. The van der Waals surface area contributed by atoms with Gasteiger partial charge in [0, 0.05) is 6.42 Å². The van der Waals surface area contributed by atoms with E-state index >= 15 is 0 Å². The van der Waals surface area contributed by atoms with Crippen LogP contribution in [-0.4, -0.2) is 17.0 Å². The van der Waals surface area contributed by atoms with Crippen LogP contribution in [0.2, 0.25) is 0 Å². The molecule has 4 atom stereocenters. The molecule has 3 aliphatic carbocycles. The number of rotatable bonds is 0. The van der Waals surface area contributed by atoms with Gasteiger partial charge in [-0.1, -0.05) is 12.5 Å². The average Bonchev–Trinajstić information content (AvgIpc) is 2.56. The molecular weight excluding hydrogens is 200 g/mol. The van der Waals surface area contributed by atoms with Crippen LogP contribution in [0.15, 0.2) is 11.6 Å². The molecule has 0 radical (unpaired) electrons. The van der Waals surface area contributed by atoms with Gasteiger partial charge in [-0.05, 0) is 55.4 Å². The standard InChI is InChI=1S/C14H20O2/c1-14-7-6-9-8-10(15)2-3-11(9)12(14)4-5-13(14)16/h8,11-13,16H,2-7H2,1H3/t11-,12+,13+,14-/m1/s1. The minimum atomic E-state index is -0.114. The Morgan fingerprint density at radius 3 is 2.94 bits per heavy atom. The van der Waals surface area contributed by atoms with Crippen molar-refractivity contribution in [2.75, 3.05) is 0 Å². The van der Waals surface area contributed by atoms with E-state index in [2.05, 4.69) is 6.92 Å². The van der Waals surface area contributed by atoms with Gasteiger partial charge >= 0.3 is 0 Å². The molecule has 0 saturated heterocycles. The Bertz CT molecular complexity index is 358. The molecule has 1 N–H and O–H groups in total. The monoisotopic (exact) mass is 220 g/mol. The number of fused-ring (bicyclic) bond motifs is 3. The van der Waals surface area contributed by atoms with Crippen LogP contribution in [-0.2, 0) is 4.79 Å². The first-order valence-corrected chi connectivity index (χ1v) is 6.52. The molecule has 0 unspecified atom stereocenters. The summed E-state index contributed by atoms with van der Waals surface area (Å²) in [7, 11) is 0. The number of aliphatic hydroxyl groups is 1. The third-order valence-corrected chi connectivity index (χ3v) is 5.32. The fourth-order valence-electron chi connectivity index (χ4n) is 4.26. The summed E-state index contributed by atoms with van der Waals surface area (Å²) in [6.07, 6.45) is 7.73. The summed E-state index contributed by atoms with van der Waals surface area (Å²) in [5, 5.41) is 10.1. The van der Waals surface area contributed by atoms with Gasteiger partial charge in [-0.25, -0.2) is 0 Å². The summed E-state index contributed by atoms with van der Waals surface area (Å²) in [6, 6.07) is 0. The van der Waals surface area contributed by atoms with E-state index in [1.165, 1.54) is 5.57 Å². The number of hydrogen-bond acceptors (Lipinski definition) is 2. The predicted molar refractivity (Wildman–Crippen MR) is 61.9 cm³/mol. The van der Waals surface area contributed by atoms with Gasteiger partial charge in [-0.3, -0.25) is 4.79 Å². The average molecular weight is 220 g/mol. The first-order chi connectivity index (χ1) is 7.61. The first-order valence-electron chi connectivity index (χ1n) is 6.52. The summed E-state index contributed by atoms with van der Waals surface area (Å²) in [6.45, 7) is 2.25. The maximum atomic E-state index is 11.4. The van der Waals surface area contributed by atoms with Crippen molar-refractivity contribution in [2.45, 2.75) is 51.6 Å². The number of aliphatic hydroxyl groups excluding tert-OH is 1. The molecule has 88 valence electrons. The van der Waals surface area contributed by atoms with E-state index in [0.717, 1.165) is 38.5 Å². The molecule has 0 aromatic heterocycles. The highest BCUT2D eigenvalue weighted by Crippen LogP contribution is 2.57. The van der Waals surface area contributed by atoms with Gasteiger partial charge in [0.05, 0.1) is 6.10 Å². The highest BCUT2D eigenvalue weighted by atomic mass is 16.3. The zero-order chi connectivity index (χ0) is 11.3. The summed E-state index contributed by atoms with van der Waals surface area (Å²) < 4.78 is 0. The Morgan fingerprint density at radius 2 is 2.12 bits per heavy atom. The molecular formula is C14H20O2. The van der Waals surface area contributed by atoms with Crippen molar-refractivity contribution < 1.29 is 9.90 Å². The number of allylic oxidation sites excluding steroid dienone is 2. The third-order valence-electron chi connectivity index (χ3n) is 5.32. The van der Waals surface area contributed by atoms with Crippen LogP contribution in [0.25, 0.3) is 0 Å². The molecule has 3 aliphatic rings. The molecule has 0 aromatic rings. The van der Waals surface area contributed by atoms with Gasteiger partial charge < -0.3 is 5.11 Å². The van der Waals surface area contributed by atoms with Gasteiger partial charge in [0.15, 0.2) is 5.78 Å². The third kappa shape index (κ3) is 1.32. The predicted octanol–water partition coefficient (Wildman–Crippen LogP) is 2.46. The van der Waals surface area contributed by atoms with Crippen molar-refractivity contribution in [3.8, 4) is 0 Å². The molecule has 16 heavy (non-hydrogen) atoms. The Kier molecular flexibility index (Phi) is 2.25. The SMILES string of the molecule is C[C@@]12CCC3=CC(=O)CC[C@H]3[C@@H]1CC[C@@H]2O. The zero-order valence-corrected chi connectivity index (χ0v) is 9.91. The Hall–Kier alpha value is -0.630. The number of ketones is 1. The smallest absolute Gasteiger partial charge is 0.155 e. The van der Waals surface area contributed by atoms with Crippen molar-refractivity contribution in [2.24, 2.45) is 17.3 Å². The molecule has 0 heterocycles. The van der Waals surface area contributed by atoms with Crippen molar-refractivity contribution in [1.29, 1.82) is 0 Å². The van der Waals surface area contributed by atoms with E-state index in [9.17, 15) is 9.90 Å². The van der Waals surface area contributed by atoms with Gasteiger partial charge in [-0.2, -0.15) is 0 Å². The van der Waals surface area contributed by atoms with Crippen LogP contribution in [0.1, 0.15) is 45.4 Å². The largest absolute Gasteiger partial charge is 0.393 e. The van der Waals surface area contributed by atoms with E-state index in [0.29, 0.717) is 17.6 Å². The topological polar surface area (TPSA) is 37.3 Å². The molecule has 0 amide bonds. The van der Waals surface area contributed by atoms with Crippen molar-refractivity contribution in [3.63, 3.8) is 0 Å². The minimum Gasteiger partial charge on any atom is -0.393 e. The number of hydrogen-bond donors (Lipinski definition) is 1. The lowest BCUT2D eigenvalue weighted by molar-refractivity contribution is -0.115. The van der Waals surface area contributed by atoms with E-state index in [4.69, 9.17) is 0 Å². The normalized spacial score (nSPS) is 47.2. The fraction of sp³-hybridized carbons (Fsp3) is 0.786. The second kappa shape index (κ2) is 3.43. The number of carbonyl (C=O) groups excluding carboxylic acids is 1. The lowest BCUT2D eigenvalue weighted by Gasteiger charge is -2.46. The summed E-state index contributed by atoms with van der Waals surface area (Å²) in [5.41, 5.74) is 1.51. The Balaban J connectivity index is 1.93. The second-order valence-corrected chi connectivity index (χ2v) is 6.04.